The minimum Gasteiger partial charge on any atom is -0.345 e. The van der Waals surface area contributed by atoms with Crippen LogP contribution in [0.2, 0.25) is 0 Å². The predicted octanol–water partition coefficient (Wildman–Crippen LogP) is 0.602. The smallest absolute Gasteiger partial charge is 0.222 e. The Labute approximate surface area is 134 Å². The molecule has 0 aliphatic carbocycles. The van der Waals surface area contributed by atoms with Gasteiger partial charge in [-0.1, -0.05) is 0 Å². The topological polar surface area (TPSA) is 60.9 Å². The number of sulfonamides is 1. The molecule has 1 spiro atoms. The van der Waals surface area contributed by atoms with Gasteiger partial charge in [-0.25, -0.2) is 12.7 Å². The number of hydrogen-bond donors (Lipinski definition) is 0. The van der Waals surface area contributed by atoms with Crippen molar-refractivity contribution in [2.45, 2.75) is 32.1 Å². The van der Waals surface area contributed by atoms with Crippen LogP contribution in [0.3, 0.4) is 0 Å². The zero-order chi connectivity index (χ0) is 16.4. The molecular formula is C15H29N3O3S. The molecule has 1 amide bonds. The lowest BCUT2D eigenvalue weighted by molar-refractivity contribution is -0.137. The number of likely N-dealkylation sites (tertiary alicyclic amines) is 2. The predicted molar refractivity (Wildman–Crippen MR) is 87.1 cm³/mol. The number of amides is 1. The van der Waals surface area contributed by atoms with Crippen LogP contribution in [0, 0.1) is 5.41 Å². The number of hydrogen-bond acceptors (Lipinski definition) is 4. The molecule has 1 atom stereocenters. The van der Waals surface area contributed by atoms with Crippen LogP contribution >= 0.6 is 0 Å². The Balaban J connectivity index is 1.85. The quantitative estimate of drug-likeness (QED) is 0.740. The molecule has 2 aliphatic heterocycles. The zero-order valence-electron chi connectivity index (χ0n) is 14.0. The van der Waals surface area contributed by atoms with Crippen molar-refractivity contribution >= 4 is 15.9 Å². The maximum absolute atomic E-state index is 11.8. The Morgan fingerprint density at radius 3 is 2.59 bits per heavy atom. The van der Waals surface area contributed by atoms with Gasteiger partial charge in [-0.05, 0) is 38.8 Å². The van der Waals surface area contributed by atoms with Gasteiger partial charge in [-0.3, -0.25) is 4.79 Å². The third-order valence-corrected chi connectivity index (χ3v) is 6.96. The van der Waals surface area contributed by atoms with E-state index in [4.69, 9.17) is 0 Å². The molecule has 0 N–H and O–H groups in total. The maximum Gasteiger partial charge on any atom is 0.222 e. The average molecular weight is 331 g/mol. The first-order valence-electron chi connectivity index (χ1n) is 8.11. The van der Waals surface area contributed by atoms with Crippen LogP contribution in [0.1, 0.15) is 32.1 Å². The Kier molecular flexibility index (Phi) is 5.50. The summed E-state index contributed by atoms with van der Waals surface area (Å²) in [6.07, 6.45) is 4.62. The first-order valence-corrected chi connectivity index (χ1v) is 9.72. The van der Waals surface area contributed by atoms with Crippen LogP contribution < -0.4 is 0 Å². The molecule has 0 radical (unpaired) electrons. The summed E-state index contributed by atoms with van der Waals surface area (Å²) in [6, 6.07) is 0. The molecule has 22 heavy (non-hydrogen) atoms. The molecule has 6 nitrogen and oxygen atoms in total. The number of piperidine rings is 2. The van der Waals surface area contributed by atoms with Gasteiger partial charge >= 0.3 is 0 Å². The van der Waals surface area contributed by atoms with Crippen molar-refractivity contribution in [2.24, 2.45) is 5.41 Å². The maximum atomic E-state index is 11.8. The molecule has 2 fully saturated rings. The number of carbonyl (C=O) groups excluding carboxylic acids is 1. The van der Waals surface area contributed by atoms with E-state index < -0.39 is 10.0 Å². The van der Waals surface area contributed by atoms with E-state index in [9.17, 15) is 13.2 Å². The van der Waals surface area contributed by atoms with Crippen molar-refractivity contribution in [1.29, 1.82) is 0 Å². The molecule has 7 heteroatoms. The van der Waals surface area contributed by atoms with Crippen molar-refractivity contribution in [3.05, 3.63) is 0 Å². The summed E-state index contributed by atoms with van der Waals surface area (Å²) in [7, 11) is 1.97. The fraction of sp³-hybridized carbons (Fsp3) is 0.933. The largest absolute Gasteiger partial charge is 0.345 e. The van der Waals surface area contributed by atoms with Crippen LogP contribution in [0.25, 0.3) is 0 Å². The molecule has 0 unspecified atom stereocenters. The van der Waals surface area contributed by atoms with Crippen LogP contribution in [0.15, 0.2) is 0 Å². The van der Waals surface area contributed by atoms with E-state index in [-0.39, 0.29) is 17.1 Å². The molecule has 2 rings (SSSR count). The second kappa shape index (κ2) is 6.84. The summed E-state index contributed by atoms with van der Waals surface area (Å²) >= 11 is 0. The van der Waals surface area contributed by atoms with Crippen LogP contribution in [-0.2, 0) is 14.8 Å². The van der Waals surface area contributed by atoms with Gasteiger partial charge in [-0.15, -0.1) is 0 Å². The fourth-order valence-corrected chi connectivity index (χ4v) is 4.58. The van der Waals surface area contributed by atoms with Crippen molar-refractivity contribution in [1.82, 2.24) is 14.1 Å². The molecular weight excluding hydrogens is 302 g/mol. The normalized spacial score (nSPS) is 27.8. The molecule has 0 aromatic heterocycles. The molecule has 2 heterocycles. The SMILES string of the molecule is CN1C[C@]2(CCCN(CCCS(=O)(=O)N(C)C)C2)CCC1=O. The lowest BCUT2D eigenvalue weighted by atomic mass is 9.73. The Hall–Kier alpha value is -0.660. The highest BCUT2D eigenvalue weighted by molar-refractivity contribution is 7.89. The van der Waals surface area contributed by atoms with E-state index in [1.807, 2.05) is 11.9 Å². The number of rotatable bonds is 5. The molecule has 0 bridgehead atoms. The summed E-state index contributed by atoms with van der Waals surface area (Å²) < 4.78 is 24.9. The molecule has 0 aromatic rings. The Morgan fingerprint density at radius 2 is 1.95 bits per heavy atom. The average Bonchev–Trinajstić information content (AvgIpc) is 2.43. The lowest BCUT2D eigenvalue weighted by Crippen LogP contribution is -2.53. The van der Waals surface area contributed by atoms with Gasteiger partial charge in [0.15, 0.2) is 0 Å². The van der Waals surface area contributed by atoms with Gasteiger partial charge in [0.25, 0.3) is 0 Å². The van der Waals surface area contributed by atoms with E-state index in [0.29, 0.717) is 12.8 Å². The van der Waals surface area contributed by atoms with E-state index in [1.54, 1.807) is 14.1 Å². The summed E-state index contributed by atoms with van der Waals surface area (Å²) in [5, 5.41) is 0. The fourth-order valence-electron chi connectivity index (χ4n) is 3.72. The zero-order valence-corrected chi connectivity index (χ0v) is 14.9. The highest BCUT2D eigenvalue weighted by Gasteiger charge is 2.40. The number of carbonyl (C=O) groups is 1. The van der Waals surface area contributed by atoms with Gasteiger partial charge in [0.1, 0.15) is 0 Å². The van der Waals surface area contributed by atoms with Gasteiger partial charge in [0, 0.05) is 46.1 Å². The molecule has 2 saturated heterocycles. The molecule has 2 aliphatic rings. The van der Waals surface area contributed by atoms with Gasteiger partial charge < -0.3 is 9.80 Å². The minimum atomic E-state index is -3.09. The van der Waals surface area contributed by atoms with Gasteiger partial charge in [-0.2, -0.15) is 0 Å². The standard InChI is InChI=1S/C15H29N3O3S/c1-16(2)22(20,21)11-5-10-18-9-4-7-15(13-18)8-6-14(19)17(3)12-15/h4-13H2,1-3H3/t15-/m0/s1. The van der Waals surface area contributed by atoms with E-state index >= 15 is 0 Å². The first kappa shape index (κ1) is 17.7. The molecule has 128 valence electrons. The monoisotopic (exact) mass is 331 g/mol. The summed E-state index contributed by atoms with van der Waals surface area (Å²) in [5.74, 6) is 0.460. The summed E-state index contributed by atoms with van der Waals surface area (Å²) in [4.78, 5) is 15.9. The van der Waals surface area contributed by atoms with Crippen LogP contribution in [0.5, 0.6) is 0 Å². The van der Waals surface area contributed by atoms with Gasteiger partial charge in [0.05, 0.1) is 5.75 Å². The molecule has 0 saturated carbocycles. The highest BCUT2D eigenvalue weighted by atomic mass is 32.2. The van der Waals surface area contributed by atoms with Crippen LogP contribution in [-0.4, -0.2) is 81.5 Å². The van der Waals surface area contributed by atoms with Crippen molar-refractivity contribution in [3.8, 4) is 0 Å². The Bertz CT molecular complexity index is 506. The highest BCUT2D eigenvalue weighted by Crippen LogP contribution is 2.38. The summed E-state index contributed by atoms with van der Waals surface area (Å²) in [6.45, 7) is 3.71. The summed E-state index contributed by atoms with van der Waals surface area (Å²) in [5.41, 5.74) is 0.224. The third-order valence-electron chi connectivity index (χ3n) is 5.04. The van der Waals surface area contributed by atoms with E-state index in [2.05, 4.69) is 4.90 Å². The van der Waals surface area contributed by atoms with Crippen molar-refractivity contribution in [2.75, 3.05) is 53.1 Å². The second-order valence-electron chi connectivity index (χ2n) is 7.08. The Morgan fingerprint density at radius 1 is 1.23 bits per heavy atom. The number of nitrogens with zero attached hydrogens (tertiary/aromatic N) is 3. The van der Waals surface area contributed by atoms with Crippen molar-refractivity contribution in [3.63, 3.8) is 0 Å². The van der Waals surface area contributed by atoms with E-state index in [1.165, 1.54) is 10.7 Å². The second-order valence-corrected chi connectivity index (χ2v) is 9.38. The minimum absolute atomic E-state index is 0.210. The first-order chi connectivity index (χ1) is 10.2. The van der Waals surface area contributed by atoms with E-state index in [0.717, 1.165) is 39.0 Å². The van der Waals surface area contributed by atoms with Crippen molar-refractivity contribution < 1.29 is 13.2 Å². The van der Waals surface area contributed by atoms with Gasteiger partial charge in [0.2, 0.25) is 15.9 Å². The lowest BCUT2D eigenvalue weighted by Gasteiger charge is -2.47. The van der Waals surface area contributed by atoms with Crippen LogP contribution in [0.4, 0.5) is 0 Å². The molecule has 0 aromatic carbocycles. The third kappa shape index (κ3) is 4.20.